The molecule has 0 bridgehead atoms. The monoisotopic (exact) mass is 369 g/mol. The smallest absolute Gasteiger partial charge is 0.226 e. The molecule has 2 aromatic rings. The van der Waals surface area contributed by atoms with Gasteiger partial charge in [-0.05, 0) is 25.0 Å². The van der Waals surface area contributed by atoms with E-state index in [0.717, 1.165) is 36.5 Å². The molecule has 3 rings (SSSR count). The van der Waals surface area contributed by atoms with Gasteiger partial charge in [-0.15, -0.1) is 0 Å². The lowest BCUT2D eigenvalue weighted by Crippen LogP contribution is -2.41. The molecule has 0 fully saturated rings. The number of unbranched alkanes of at least 4 members (excludes halogenated alkanes) is 1. The van der Waals surface area contributed by atoms with Gasteiger partial charge < -0.3 is 14.8 Å². The van der Waals surface area contributed by atoms with Gasteiger partial charge >= 0.3 is 0 Å². The maximum absolute atomic E-state index is 12.4. The molecule has 2 amide bonds. The highest BCUT2D eigenvalue weighted by Crippen LogP contribution is 2.25. The Balaban J connectivity index is 1.58. The Kier molecular flexibility index (Phi) is 6.21. The Morgan fingerprint density at radius 1 is 1.33 bits per heavy atom. The van der Waals surface area contributed by atoms with E-state index < -0.39 is 0 Å². The molecule has 1 aliphatic heterocycles. The zero-order chi connectivity index (χ0) is 19.2. The lowest BCUT2D eigenvalue weighted by atomic mass is 10.1. The predicted molar refractivity (Wildman–Crippen MR) is 102 cm³/mol. The minimum Gasteiger partial charge on any atom is -0.352 e. The molecule has 1 aliphatic rings. The van der Waals surface area contributed by atoms with Crippen LogP contribution in [0.2, 0.25) is 0 Å². The fourth-order valence-electron chi connectivity index (χ4n) is 3.38. The third-order valence-electron chi connectivity index (χ3n) is 4.90. The number of imidazole rings is 1. The maximum Gasteiger partial charge on any atom is 0.226 e. The first-order chi connectivity index (χ1) is 13.1. The number of aromatic nitrogens is 3. The molecule has 1 N–H and O–H groups in total. The number of hydrogen-bond acceptors (Lipinski definition) is 4. The van der Waals surface area contributed by atoms with Gasteiger partial charge in [0.1, 0.15) is 5.82 Å². The second-order valence-corrected chi connectivity index (χ2v) is 6.97. The zero-order valence-electron chi connectivity index (χ0n) is 16.0. The molecule has 0 spiro atoms. The average molecular weight is 369 g/mol. The average Bonchev–Trinajstić information content (AvgIpc) is 3.09. The lowest BCUT2D eigenvalue weighted by Gasteiger charge is -2.33. The molecule has 3 heterocycles. The van der Waals surface area contributed by atoms with Crippen LogP contribution in [-0.4, -0.2) is 37.8 Å². The molecule has 0 aromatic carbocycles. The van der Waals surface area contributed by atoms with Crippen LogP contribution in [0.4, 0.5) is 0 Å². The summed E-state index contributed by atoms with van der Waals surface area (Å²) in [6, 6.07) is 3.71. The summed E-state index contributed by atoms with van der Waals surface area (Å²) in [5, 5.41) is 2.90. The molecule has 27 heavy (non-hydrogen) atoms. The standard InChI is InChI=1S/C20H27N5O2/c1-3-4-7-19(27)25-10-9-24-14-17(23-20(24)15(25)2)11-18(26)22-13-16-6-5-8-21-12-16/h5-6,8,12,14-15H,3-4,7,9-11,13H2,1-2H3,(H,22,26). The molecular weight excluding hydrogens is 342 g/mol. The van der Waals surface area contributed by atoms with Crippen molar-refractivity contribution in [1.82, 2.24) is 24.8 Å². The van der Waals surface area contributed by atoms with E-state index in [2.05, 4.69) is 26.8 Å². The summed E-state index contributed by atoms with van der Waals surface area (Å²) >= 11 is 0. The third kappa shape index (κ3) is 4.72. The third-order valence-corrected chi connectivity index (χ3v) is 4.90. The number of pyridine rings is 1. The van der Waals surface area contributed by atoms with Gasteiger partial charge in [-0.3, -0.25) is 14.6 Å². The number of hydrogen-bond donors (Lipinski definition) is 1. The molecule has 7 heteroatoms. The number of fused-ring (bicyclic) bond motifs is 1. The van der Waals surface area contributed by atoms with Gasteiger partial charge in [-0.2, -0.15) is 0 Å². The topological polar surface area (TPSA) is 80.1 Å². The van der Waals surface area contributed by atoms with Crippen molar-refractivity contribution in [2.75, 3.05) is 6.54 Å². The highest BCUT2D eigenvalue weighted by atomic mass is 16.2. The normalized spacial score (nSPS) is 16.1. The number of nitrogens with zero attached hydrogens (tertiary/aromatic N) is 4. The molecule has 7 nitrogen and oxygen atoms in total. The molecular formula is C20H27N5O2. The molecule has 1 atom stereocenters. The Morgan fingerprint density at radius 3 is 2.93 bits per heavy atom. The number of carbonyl (C=O) groups is 2. The predicted octanol–water partition coefficient (Wildman–Crippen LogP) is 2.23. The molecule has 0 aliphatic carbocycles. The van der Waals surface area contributed by atoms with Crippen LogP contribution < -0.4 is 5.32 Å². The van der Waals surface area contributed by atoms with E-state index in [9.17, 15) is 9.59 Å². The van der Waals surface area contributed by atoms with Crippen molar-refractivity contribution >= 4 is 11.8 Å². The van der Waals surface area contributed by atoms with Crippen molar-refractivity contribution in [3.8, 4) is 0 Å². The van der Waals surface area contributed by atoms with E-state index in [0.29, 0.717) is 19.5 Å². The van der Waals surface area contributed by atoms with Gasteiger partial charge in [0.25, 0.3) is 0 Å². The van der Waals surface area contributed by atoms with Crippen LogP contribution in [0, 0.1) is 0 Å². The van der Waals surface area contributed by atoms with Crippen molar-refractivity contribution in [3.63, 3.8) is 0 Å². The van der Waals surface area contributed by atoms with E-state index in [4.69, 9.17) is 0 Å². The highest BCUT2D eigenvalue weighted by molar-refractivity contribution is 5.78. The molecule has 0 radical (unpaired) electrons. The fourth-order valence-corrected chi connectivity index (χ4v) is 3.38. The van der Waals surface area contributed by atoms with Crippen molar-refractivity contribution in [2.45, 2.75) is 58.7 Å². The molecule has 0 saturated carbocycles. The molecule has 2 aromatic heterocycles. The van der Waals surface area contributed by atoms with E-state index in [-0.39, 0.29) is 24.3 Å². The van der Waals surface area contributed by atoms with E-state index in [1.54, 1.807) is 12.4 Å². The minimum atomic E-state index is -0.0715. The maximum atomic E-state index is 12.4. The Bertz CT molecular complexity index is 787. The van der Waals surface area contributed by atoms with E-state index >= 15 is 0 Å². The van der Waals surface area contributed by atoms with E-state index in [1.165, 1.54) is 0 Å². The Hall–Kier alpha value is -2.70. The summed E-state index contributed by atoms with van der Waals surface area (Å²) in [6.07, 6.45) is 8.13. The molecule has 1 unspecified atom stereocenters. The second-order valence-electron chi connectivity index (χ2n) is 6.97. The minimum absolute atomic E-state index is 0.0599. The van der Waals surface area contributed by atoms with Gasteiger partial charge in [-0.1, -0.05) is 19.4 Å². The van der Waals surface area contributed by atoms with Gasteiger partial charge in [-0.25, -0.2) is 4.98 Å². The van der Waals surface area contributed by atoms with Crippen LogP contribution in [0.3, 0.4) is 0 Å². The quantitative estimate of drug-likeness (QED) is 0.812. The number of nitrogens with one attached hydrogen (secondary N) is 1. The van der Waals surface area contributed by atoms with Gasteiger partial charge in [0, 0.05) is 44.6 Å². The molecule has 0 saturated heterocycles. The first kappa shape index (κ1) is 19.1. The molecule has 144 valence electrons. The number of amides is 2. The summed E-state index contributed by atoms with van der Waals surface area (Å²) in [4.78, 5) is 35.2. The highest BCUT2D eigenvalue weighted by Gasteiger charge is 2.29. The van der Waals surface area contributed by atoms with Crippen molar-refractivity contribution in [1.29, 1.82) is 0 Å². The number of rotatable bonds is 7. The van der Waals surface area contributed by atoms with Crippen LogP contribution in [-0.2, 0) is 29.1 Å². The SMILES string of the molecule is CCCCC(=O)N1CCn2cc(CC(=O)NCc3cccnc3)nc2C1C. The first-order valence-electron chi connectivity index (χ1n) is 9.59. The van der Waals surface area contributed by atoms with Crippen molar-refractivity contribution in [2.24, 2.45) is 0 Å². The van der Waals surface area contributed by atoms with E-state index in [1.807, 2.05) is 30.2 Å². The van der Waals surface area contributed by atoms with Crippen LogP contribution in [0.15, 0.2) is 30.7 Å². The second kappa shape index (κ2) is 8.79. The van der Waals surface area contributed by atoms with Crippen LogP contribution >= 0.6 is 0 Å². The van der Waals surface area contributed by atoms with Crippen LogP contribution in [0.25, 0.3) is 0 Å². The van der Waals surface area contributed by atoms with Crippen molar-refractivity contribution < 1.29 is 9.59 Å². The summed E-state index contributed by atoms with van der Waals surface area (Å²) in [6.45, 7) is 5.97. The summed E-state index contributed by atoms with van der Waals surface area (Å²) < 4.78 is 2.07. The number of carbonyl (C=O) groups excluding carboxylic acids is 2. The summed E-state index contributed by atoms with van der Waals surface area (Å²) in [5.74, 6) is 0.980. The zero-order valence-corrected chi connectivity index (χ0v) is 16.0. The lowest BCUT2D eigenvalue weighted by molar-refractivity contribution is -0.134. The fraction of sp³-hybridized carbons (Fsp3) is 0.500. The summed E-state index contributed by atoms with van der Waals surface area (Å²) in [5.41, 5.74) is 1.70. The Labute approximate surface area is 159 Å². The largest absolute Gasteiger partial charge is 0.352 e. The van der Waals surface area contributed by atoms with Crippen LogP contribution in [0.5, 0.6) is 0 Å². The van der Waals surface area contributed by atoms with Crippen LogP contribution in [0.1, 0.15) is 56.2 Å². The van der Waals surface area contributed by atoms with Gasteiger partial charge in [0.15, 0.2) is 0 Å². The van der Waals surface area contributed by atoms with Crippen molar-refractivity contribution in [3.05, 3.63) is 47.8 Å². The van der Waals surface area contributed by atoms with Gasteiger partial charge in [0.2, 0.25) is 11.8 Å². The first-order valence-corrected chi connectivity index (χ1v) is 9.59. The van der Waals surface area contributed by atoms with Gasteiger partial charge in [0.05, 0.1) is 18.2 Å². The Morgan fingerprint density at radius 2 is 2.19 bits per heavy atom. The summed E-state index contributed by atoms with van der Waals surface area (Å²) in [7, 11) is 0.